The molecule has 0 spiro atoms. The first-order valence-corrected chi connectivity index (χ1v) is 12.1. The van der Waals surface area contributed by atoms with Crippen LogP contribution in [0.5, 0.6) is 0 Å². The molecule has 184 valence electrons. The van der Waals surface area contributed by atoms with Gasteiger partial charge in [-0.2, -0.15) is 10.4 Å². The van der Waals surface area contributed by atoms with Gasteiger partial charge in [0, 0.05) is 43.3 Å². The van der Waals surface area contributed by atoms with E-state index in [1.807, 2.05) is 43.6 Å². The van der Waals surface area contributed by atoms with Crippen molar-refractivity contribution in [3.63, 3.8) is 0 Å². The molecule has 1 fully saturated rings. The molecule has 9 heteroatoms. The Hall–Kier alpha value is -4.00. The van der Waals surface area contributed by atoms with Crippen LogP contribution in [0.4, 0.5) is 5.95 Å². The van der Waals surface area contributed by atoms with Gasteiger partial charge in [-0.1, -0.05) is 18.2 Å². The number of anilines is 1. The van der Waals surface area contributed by atoms with Gasteiger partial charge in [0.1, 0.15) is 0 Å². The molecule has 0 amide bonds. The minimum atomic E-state index is -0.128. The molecule has 4 aromatic rings. The summed E-state index contributed by atoms with van der Waals surface area (Å²) in [4.78, 5) is 21.1. The maximum Gasteiger partial charge on any atom is 0.263 e. The van der Waals surface area contributed by atoms with Crippen molar-refractivity contribution in [2.24, 2.45) is 7.05 Å². The SMILES string of the molecule is CNC1CCN(c2nc(-c3ccc(C#N)cc3)c(-c3ccc4nn(CCO)cc4c3)c(=O)n2C)CC1. The summed E-state index contributed by atoms with van der Waals surface area (Å²) in [7, 11) is 3.76. The van der Waals surface area contributed by atoms with Gasteiger partial charge >= 0.3 is 0 Å². The maximum absolute atomic E-state index is 13.9. The van der Waals surface area contributed by atoms with Crippen molar-refractivity contribution in [1.29, 1.82) is 5.26 Å². The Kier molecular flexibility index (Phi) is 6.55. The smallest absolute Gasteiger partial charge is 0.263 e. The highest BCUT2D eigenvalue weighted by Crippen LogP contribution is 2.32. The van der Waals surface area contributed by atoms with E-state index in [1.165, 1.54) is 0 Å². The van der Waals surface area contributed by atoms with Gasteiger partial charge in [0.2, 0.25) is 5.95 Å². The average Bonchev–Trinajstić information content (AvgIpc) is 3.32. The van der Waals surface area contributed by atoms with Crippen molar-refractivity contribution in [2.45, 2.75) is 25.4 Å². The minimum Gasteiger partial charge on any atom is -0.394 e. The average molecular weight is 484 g/mol. The summed E-state index contributed by atoms with van der Waals surface area (Å²) in [6.45, 7) is 2.03. The summed E-state index contributed by atoms with van der Waals surface area (Å²) >= 11 is 0. The molecular weight excluding hydrogens is 454 g/mol. The second-order valence-corrected chi connectivity index (χ2v) is 9.13. The highest BCUT2D eigenvalue weighted by Gasteiger charge is 2.25. The number of nitriles is 1. The topological polar surface area (TPSA) is 112 Å². The Balaban J connectivity index is 1.67. The Morgan fingerprint density at radius 1 is 1.14 bits per heavy atom. The van der Waals surface area contributed by atoms with E-state index in [0.29, 0.717) is 35.4 Å². The second-order valence-electron chi connectivity index (χ2n) is 9.13. The van der Waals surface area contributed by atoms with E-state index in [0.717, 1.165) is 48.0 Å². The number of aliphatic hydroxyl groups is 1. The Morgan fingerprint density at radius 3 is 2.53 bits per heavy atom. The number of benzene rings is 2. The van der Waals surface area contributed by atoms with E-state index < -0.39 is 0 Å². The zero-order chi connectivity index (χ0) is 25.2. The summed E-state index contributed by atoms with van der Waals surface area (Å²) in [6.07, 6.45) is 3.83. The van der Waals surface area contributed by atoms with Crippen molar-refractivity contribution >= 4 is 16.9 Å². The molecule has 36 heavy (non-hydrogen) atoms. The van der Waals surface area contributed by atoms with Crippen molar-refractivity contribution in [3.8, 4) is 28.5 Å². The number of piperidine rings is 1. The molecule has 1 saturated heterocycles. The summed E-state index contributed by atoms with van der Waals surface area (Å²) in [5.74, 6) is 0.648. The van der Waals surface area contributed by atoms with Gasteiger partial charge in [0.25, 0.3) is 5.56 Å². The quantitative estimate of drug-likeness (QED) is 0.433. The number of fused-ring (bicyclic) bond motifs is 1. The third kappa shape index (κ3) is 4.37. The number of aromatic nitrogens is 4. The van der Waals surface area contributed by atoms with Crippen molar-refractivity contribution in [3.05, 3.63) is 64.6 Å². The minimum absolute atomic E-state index is 0.00117. The maximum atomic E-state index is 13.9. The van der Waals surface area contributed by atoms with Gasteiger partial charge in [-0.3, -0.25) is 14.0 Å². The van der Waals surface area contributed by atoms with Crippen LogP contribution < -0.4 is 15.8 Å². The number of aliphatic hydroxyl groups excluding tert-OH is 1. The number of hydrogen-bond acceptors (Lipinski definition) is 7. The van der Waals surface area contributed by atoms with Gasteiger partial charge in [-0.15, -0.1) is 0 Å². The molecule has 0 saturated carbocycles. The summed E-state index contributed by atoms with van der Waals surface area (Å²) in [5.41, 5.74) is 3.85. The van der Waals surface area contributed by atoms with Crippen molar-refractivity contribution in [2.75, 3.05) is 31.6 Å². The lowest BCUT2D eigenvalue weighted by Crippen LogP contribution is -2.43. The lowest BCUT2D eigenvalue weighted by atomic mass is 9.98. The molecule has 0 radical (unpaired) electrons. The van der Waals surface area contributed by atoms with Crippen LogP contribution in [0.3, 0.4) is 0 Å². The standard InChI is InChI=1S/C27H29N7O2/c1-29-22-9-11-33(12-10-22)27-30-25(19-5-3-18(16-28)4-6-19)24(26(36)32(27)2)20-7-8-23-21(15-20)17-34(31-23)13-14-35/h3-8,15,17,22,29,35H,9-14H2,1-2H3. The first-order chi connectivity index (χ1) is 17.5. The van der Waals surface area contributed by atoms with Crippen LogP contribution in [0.2, 0.25) is 0 Å². The summed E-state index contributed by atoms with van der Waals surface area (Å²) in [6, 6.07) is 15.5. The normalized spacial score (nSPS) is 14.3. The molecule has 2 aromatic carbocycles. The summed E-state index contributed by atoms with van der Waals surface area (Å²) in [5, 5.41) is 27.2. The van der Waals surface area contributed by atoms with Crippen LogP contribution in [0.25, 0.3) is 33.3 Å². The zero-order valence-corrected chi connectivity index (χ0v) is 20.5. The number of rotatable bonds is 6. The molecule has 3 heterocycles. The highest BCUT2D eigenvalue weighted by atomic mass is 16.3. The van der Waals surface area contributed by atoms with Crippen LogP contribution in [0, 0.1) is 11.3 Å². The number of hydrogen-bond donors (Lipinski definition) is 2. The lowest BCUT2D eigenvalue weighted by molar-refractivity contribution is 0.270. The monoisotopic (exact) mass is 483 g/mol. The van der Waals surface area contributed by atoms with Gasteiger partial charge < -0.3 is 15.3 Å². The molecule has 0 unspecified atom stereocenters. The van der Waals surface area contributed by atoms with Crippen molar-refractivity contribution in [1.82, 2.24) is 24.6 Å². The van der Waals surface area contributed by atoms with E-state index in [4.69, 9.17) is 4.98 Å². The predicted octanol–water partition coefficient (Wildman–Crippen LogP) is 2.52. The second kappa shape index (κ2) is 9.93. The fourth-order valence-electron chi connectivity index (χ4n) is 4.86. The Morgan fingerprint density at radius 2 is 1.86 bits per heavy atom. The zero-order valence-electron chi connectivity index (χ0n) is 20.5. The van der Waals surface area contributed by atoms with Crippen LogP contribution in [0.1, 0.15) is 18.4 Å². The van der Waals surface area contributed by atoms with Gasteiger partial charge in [0.15, 0.2) is 0 Å². The van der Waals surface area contributed by atoms with Gasteiger partial charge in [-0.25, -0.2) is 4.98 Å². The number of nitrogens with zero attached hydrogens (tertiary/aromatic N) is 6. The van der Waals surface area contributed by atoms with E-state index in [2.05, 4.69) is 21.4 Å². The molecule has 1 aliphatic heterocycles. The molecule has 1 aliphatic rings. The predicted molar refractivity (Wildman–Crippen MR) is 140 cm³/mol. The summed E-state index contributed by atoms with van der Waals surface area (Å²) < 4.78 is 3.34. The van der Waals surface area contributed by atoms with Gasteiger partial charge in [-0.05, 0) is 49.7 Å². The molecule has 0 aliphatic carbocycles. The van der Waals surface area contributed by atoms with E-state index in [9.17, 15) is 15.2 Å². The van der Waals surface area contributed by atoms with Crippen molar-refractivity contribution < 1.29 is 5.11 Å². The molecule has 2 N–H and O–H groups in total. The Labute approximate surface area is 209 Å². The Bertz CT molecular complexity index is 1490. The third-order valence-electron chi connectivity index (χ3n) is 6.91. The fraction of sp³-hybridized carbons (Fsp3) is 0.333. The van der Waals surface area contributed by atoms with Crippen LogP contribution in [-0.2, 0) is 13.6 Å². The first-order valence-electron chi connectivity index (χ1n) is 12.1. The largest absolute Gasteiger partial charge is 0.394 e. The fourth-order valence-corrected chi connectivity index (χ4v) is 4.86. The van der Waals surface area contributed by atoms with Crippen LogP contribution >= 0.6 is 0 Å². The molecule has 9 nitrogen and oxygen atoms in total. The molecular formula is C27H29N7O2. The van der Waals surface area contributed by atoms with Crippen LogP contribution in [0.15, 0.2) is 53.5 Å². The molecule has 2 aromatic heterocycles. The van der Waals surface area contributed by atoms with Crippen LogP contribution in [-0.4, -0.2) is 57.2 Å². The van der Waals surface area contributed by atoms with Gasteiger partial charge in [0.05, 0.1) is 41.6 Å². The van der Waals surface area contributed by atoms with E-state index in [-0.39, 0.29) is 12.2 Å². The van der Waals surface area contributed by atoms with E-state index >= 15 is 0 Å². The highest BCUT2D eigenvalue weighted by molar-refractivity contribution is 5.88. The molecule has 0 atom stereocenters. The van der Waals surface area contributed by atoms with E-state index in [1.54, 1.807) is 28.4 Å². The first kappa shape index (κ1) is 23.7. The molecule has 5 rings (SSSR count). The lowest BCUT2D eigenvalue weighted by Gasteiger charge is -2.33. The molecule has 0 bridgehead atoms. The number of nitrogens with one attached hydrogen (secondary N) is 1. The third-order valence-corrected chi connectivity index (χ3v) is 6.91.